The van der Waals surface area contributed by atoms with E-state index in [1.165, 1.54) is 0 Å². The number of ether oxygens (including phenoxy) is 1. The summed E-state index contributed by atoms with van der Waals surface area (Å²) in [7, 11) is 0. The summed E-state index contributed by atoms with van der Waals surface area (Å²) in [6.07, 6.45) is 1.81. The van der Waals surface area contributed by atoms with E-state index in [1.54, 1.807) is 0 Å². The molecule has 2 aromatic carbocycles. The quantitative estimate of drug-likeness (QED) is 0.636. The summed E-state index contributed by atoms with van der Waals surface area (Å²) in [5.74, 6) is 0.950. The van der Waals surface area contributed by atoms with E-state index >= 15 is 0 Å². The van der Waals surface area contributed by atoms with Crippen LogP contribution < -0.4 is 9.80 Å². The number of carbonyl (C=O) groups excluding carboxylic acids is 1. The van der Waals surface area contributed by atoms with Gasteiger partial charge in [-0.15, -0.1) is 5.10 Å². The van der Waals surface area contributed by atoms with Gasteiger partial charge in [-0.3, -0.25) is 4.79 Å². The van der Waals surface area contributed by atoms with E-state index in [0.717, 1.165) is 67.6 Å². The predicted molar refractivity (Wildman–Crippen MR) is 125 cm³/mol. The van der Waals surface area contributed by atoms with Crippen LogP contribution in [0.2, 0.25) is 0 Å². The Bertz CT molecular complexity index is 1040. The smallest absolute Gasteiger partial charge is 0.253 e. The fourth-order valence-electron chi connectivity index (χ4n) is 4.25. The molecule has 0 N–H and O–H groups in total. The Labute approximate surface area is 188 Å². The van der Waals surface area contributed by atoms with Crippen molar-refractivity contribution in [3.8, 4) is 11.1 Å². The van der Waals surface area contributed by atoms with Crippen molar-refractivity contribution >= 4 is 17.4 Å². The lowest BCUT2D eigenvalue weighted by Gasteiger charge is -2.36. The Hall–Kier alpha value is -3.45. The first-order valence-electron chi connectivity index (χ1n) is 11.1. The highest BCUT2D eigenvalue weighted by molar-refractivity contribution is 5.95. The van der Waals surface area contributed by atoms with Crippen LogP contribution in [0.3, 0.4) is 0 Å². The van der Waals surface area contributed by atoms with E-state index in [-0.39, 0.29) is 5.91 Å². The maximum absolute atomic E-state index is 13.0. The van der Waals surface area contributed by atoms with Crippen LogP contribution in [0.25, 0.3) is 11.1 Å². The zero-order valence-corrected chi connectivity index (χ0v) is 18.1. The van der Waals surface area contributed by atoms with Crippen LogP contribution in [0.15, 0.2) is 66.9 Å². The summed E-state index contributed by atoms with van der Waals surface area (Å²) >= 11 is 0. The summed E-state index contributed by atoms with van der Waals surface area (Å²) in [6.45, 7) is 6.05. The first-order chi connectivity index (χ1) is 15.8. The normalized spacial score (nSPS) is 16.8. The van der Waals surface area contributed by atoms with Gasteiger partial charge in [0.1, 0.15) is 0 Å². The van der Waals surface area contributed by atoms with Gasteiger partial charge < -0.3 is 19.4 Å². The molecule has 7 nitrogen and oxygen atoms in total. The highest BCUT2D eigenvalue weighted by Gasteiger charge is 2.24. The summed E-state index contributed by atoms with van der Waals surface area (Å²) in [6, 6.07) is 20.2. The van der Waals surface area contributed by atoms with E-state index in [4.69, 9.17) is 4.74 Å². The van der Waals surface area contributed by atoms with Gasteiger partial charge in [-0.1, -0.05) is 42.5 Å². The van der Waals surface area contributed by atoms with Crippen LogP contribution in [0.1, 0.15) is 10.4 Å². The highest BCUT2D eigenvalue weighted by Crippen LogP contribution is 2.23. The molecule has 0 bridgehead atoms. The standard InChI is InChI=1S/C25H27N5O2/c31-25(22-8-6-21(7-9-22)20-4-2-1-3-5-20)30-12-10-29(11-13-30)24-18-23(19-26-27-24)28-14-16-32-17-15-28/h1-9,18-19H,10-17H2. The summed E-state index contributed by atoms with van der Waals surface area (Å²) in [5, 5.41) is 8.55. The third-order valence-corrected chi connectivity index (χ3v) is 6.13. The van der Waals surface area contributed by atoms with Gasteiger partial charge in [-0.25, -0.2) is 0 Å². The van der Waals surface area contributed by atoms with Crippen LogP contribution in [-0.2, 0) is 4.74 Å². The summed E-state index contributed by atoms with van der Waals surface area (Å²) < 4.78 is 5.44. The molecule has 164 valence electrons. The summed E-state index contributed by atoms with van der Waals surface area (Å²) in [5.41, 5.74) is 4.08. The molecule has 32 heavy (non-hydrogen) atoms. The average Bonchev–Trinajstić information content (AvgIpc) is 2.89. The van der Waals surface area contributed by atoms with Gasteiger partial charge in [-0.05, 0) is 23.3 Å². The van der Waals surface area contributed by atoms with Gasteiger partial charge in [0.05, 0.1) is 25.1 Å². The number of nitrogens with zero attached hydrogens (tertiary/aromatic N) is 5. The minimum absolute atomic E-state index is 0.0809. The number of amides is 1. The Balaban J connectivity index is 1.21. The van der Waals surface area contributed by atoms with Gasteiger partial charge in [0.2, 0.25) is 0 Å². The van der Waals surface area contributed by atoms with E-state index in [2.05, 4.69) is 38.2 Å². The van der Waals surface area contributed by atoms with Crippen LogP contribution in [0.4, 0.5) is 11.5 Å². The third-order valence-electron chi connectivity index (χ3n) is 6.13. The van der Waals surface area contributed by atoms with Gasteiger partial charge in [0, 0.05) is 50.9 Å². The fourth-order valence-corrected chi connectivity index (χ4v) is 4.25. The molecule has 2 aliphatic rings. The molecule has 3 heterocycles. The highest BCUT2D eigenvalue weighted by atomic mass is 16.5. The molecule has 1 amide bonds. The van der Waals surface area contributed by atoms with Crippen molar-refractivity contribution in [1.82, 2.24) is 15.1 Å². The lowest BCUT2D eigenvalue weighted by atomic mass is 10.0. The maximum atomic E-state index is 13.0. The minimum Gasteiger partial charge on any atom is -0.378 e. The molecular weight excluding hydrogens is 402 g/mol. The molecule has 1 aromatic heterocycles. The van der Waals surface area contributed by atoms with Gasteiger partial charge in [0.25, 0.3) is 5.91 Å². The lowest BCUT2D eigenvalue weighted by molar-refractivity contribution is 0.0746. The third kappa shape index (κ3) is 4.43. The molecule has 0 saturated carbocycles. The van der Waals surface area contributed by atoms with Crippen molar-refractivity contribution in [2.24, 2.45) is 0 Å². The van der Waals surface area contributed by atoms with Crippen molar-refractivity contribution in [2.45, 2.75) is 0 Å². The number of rotatable bonds is 4. The van der Waals surface area contributed by atoms with Crippen molar-refractivity contribution in [1.29, 1.82) is 0 Å². The van der Waals surface area contributed by atoms with Crippen LogP contribution in [0.5, 0.6) is 0 Å². The lowest BCUT2D eigenvalue weighted by Crippen LogP contribution is -2.49. The molecule has 2 fully saturated rings. The van der Waals surface area contributed by atoms with Gasteiger partial charge in [-0.2, -0.15) is 5.10 Å². The predicted octanol–water partition coefficient (Wildman–Crippen LogP) is 2.94. The Morgan fingerprint density at radius 3 is 2.19 bits per heavy atom. The van der Waals surface area contributed by atoms with Gasteiger partial charge in [0.15, 0.2) is 5.82 Å². The molecular formula is C25H27N5O2. The zero-order valence-electron chi connectivity index (χ0n) is 18.1. The fraction of sp³-hybridized carbons (Fsp3) is 0.320. The van der Waals surface area contributed by atoms with E-state index in [1.807, 2.05) is 53.6 Å². The number of aromatic nitrogens is 2. The first-order valence-corrected chi connectivity index (χ1v) is 11.1. The van der Waals surface area contributed by atoms with Crippen LogP contribution in [0, 0.1) is 0 Å². The average molecular weight is 430 g/mol. The second kappa shape index (κ2) is 9.36. The van der Waals surface area contributed by atoms with E-state index in [9.17, 15) is 4.79 Å². The second-order valence-electron chi connectivity index (χ2n) is 8.09. The molecule has 3 aromatic rings. The molecule has 2 saturated heterocycles. The SMILES string of the molecule is O=C(c1ccc(-c2ccccc2)cc1)N1CCN(c2cc(N3CCOCC3)cnn2)CC1. The Morgan fingerprint density at radius 1 is 0.781 bits per heavy atom. The molecule has 0 radical (unpaired) electrons. The Morgan fingerprint density at radius 2 is 1.47 bits per heavy atom. The minimum atomic E-state index is 0.0809. The van der Waals surface area contributed by atoms with E-state index < -0.39 is 0 Å². The molecule has 2 aliphatic heterocycles. The Kier molecular flexibility index (Phi) is 5.98. The van der Waals surface area contributed by atoms with Crippen molar-refractivity contribution in [3.63, 3.8) is 0 Å². The van der Waals surface area contributed by atoms with E-state index in [0.29, 0.717) is 13.1 Å². The number of benzene rings is 2. The summed E-state index contributed by atoms with van der Waals surface area (Å²) in [4.78, 5) is 19.4. The molecule has 5 rings (SSSR count). The molecule has 0 spiro atoms. The van der Waals surface area contributed by atoms with Crippen molar-refractivity contribution < 1.29 is 9.53 Å². The van der Waals surface area contributed by atoms with Gasteiger partial charge >= 0.3 is 0 Å². The molecule has 0 unspecified atom stereocenters. The zero-order chi connectivity index (χ0) is 21.8. The first kappa shape index (κ1) is 20.5. The maximum Gasteiger partial charge on any atom is 0.253 e. The number of anilines is 2. The van der Waals surface area contributed by atoms with Crippen molar-refractivity contribution in [2.75, 3.05) is 62.3 Å². The number of hydrogen-bond donors (Lipinski definition) is 0. The molecule has 7 heteroatoms. The van der Waals surface area contributed by atoms with Crippen LogP contribution in [-0.4, -0.2) is 73.5 Å². The largest absolute Gasteiger partial charge is 0.378 e. The molecule has 0 atom stereocenters. The number of morpholine rings is 1. The topological polar surface area (TPSA) is 61.8 Å². The molecule has 0 aliphatic carbocycles. The monoisotopic (exact) mass is 429 g/mol. The number of piperazine rings is 1. The second-order valence-corrected chi connectivity index (χ2v) is 8.09. The van der Waals surface area contributed by atoms with Crippen molar-refractivity contribution in [3.05, 3.63) is 72.4 Å². The number of hydrogen-bond acceptors (Lipinski definition) is 6. The van der Waals surface area contributed by atoms with Crippen LogP contribution >= 0.6 is 0 Å². The number of carbonyl (C=O) groups is 1.